The molecule has 0 aliphatic heterocycles. The Balaban J connectivity index is 1.50. The third-order valence-electron chi connectivity index (χ3n) is 4.33. The van der Waals surface area contributed by atoms with Crippen molar-refractivity contribution in [2.45, 2.75) is 26.3 Å². The highest BCUT2D eigenvalue weighted by molar-refractivity contribution is 5.53. The molecule has 0 aliphatic carbocycles. The van der Waals surface area contributed by atoms with E-state index in [1.54, 1.807) is 0 Å². The zero-order valence-corrected chi connectivity index (χ0v) is 16.0. The van der Waals surface area contributed by atoms with Crippen molar-refractivity contribution in [3.8, 4) is 11.5 Å². The first-order chi connectivity index (χ1) is 13.2. The van der Waals surface area contributed by atoms with Crippen molar-refractivity contribution in [1.29, 1.82) is 0 Å². The van der Waals surface area contributed by atoms with Gasteiger partial charge in [-0.2, -0.15) is 0 Å². The second-order valence-corrected chi connectivity index (χ2v) is 6.75. The van der Waals surface area contributed by atoms with E-state index in [1.807, 2.05) is 42.5 Å². The molecule has 0 fully saturated rings. The quantitative estimate of drug-likeness (QED) is 0.483. The molecule has 27 heavy (non-hydrogen) atoms. The molecular formula is C24H27NO2. The van der Waals surface area contributed by atoms with Crippen LogP contribution in [0.1, 0.15) is 30.9 Å². The van der Waals surface area contributed by atoms with E-state index >= 15 is 0 Å². The minimum absolute atomic E-state index is 0.494. The number of hydrogen-bond acceptors (Lipinski definition) is 3. The monoisotopic (exact) mass is 361 g/mol. The fraction of sp³-hybridized carbons (Fsp3) is 0.250. The number of nitrogens with one attached hydrogen (secondary N) is 1. The van der Waals surface area contributed by atoms with Crippen molar-refractivity contribution >= 4 is 5.69 Å². The molecule has 0 atom stereocenters. The van der Waals surface area contributed by atoms with E-state index in [9.17, 15) is 0 Å². The van der Waals surface area contributed by atoms with Gasteiger partial charge < -0.3 is 14.8 Å². The van der Waals surface area contributed by atoms with Crippen LogP contribution in [0.3, 0.4) is 0 Å². The standard InChI is InChI=1S/C24H27NO2/c1-19(2)23-13-6-7-14-24(23)25-18-20-9-8-12-22(17-20)27-16-15-26-21-10-4-3-5-11-21/h3-14,17,19,25H,15-16,18H2,1-2H3. The highest BCUT2D eigenvalue weighted by Gasteiger charge is 2.05. The predicted molar refractivity (Wildman–Crippen MR) is 112 cm³/mol. The number of hydrogen-bond donors (Lipinski definition) is 1. The SMILES string of the molecule is CC(C)c1ccccc1NCc1cccc(OCCOc2ccccc2)c1. The molecule has 3 heteroatoms. The maximum absolute atomic E-state index is 5.83. The lowest BCUT2D eigenvalue weighted by Crippen LogP contribution is -2.09. The molecule has 3 rings (SSSR count). The molecule has 0 amide bonds. The molecule has 0 radical (unpaired) electrons. The van der Waals surface area contributed by atoms with Crippen LogP contribution in [0, 0.1) is 0 Å². The first-order valence-electron chi connectivity index (χ1n) is 9.45. The first-order valence-corrected chi connectivity index (χ1v) is 9.45. The number of ether oxygens (including phenoxy) is 2. The molecule has 0 saturated carbocycles. The summed E-state index contributed by atoms with van der Waals surface area (Å²) >= 11 is 0. The summed E-state index contributed by atoms with van der Waals surface area (Å²) in [7, 11) is 0. The minimum atomic E-state index is 0.494. The Morgan fingerprint density at radius 1 is 0.741 bits per heavy atom. The maximum atomic E-state index is 5.83. The normalized spacial score (nSPS) is 10.6. The van der Waals surface area contributed by atoms with Crippen molar-refractivity contribution in [2.24, 2.45) is 0 Å². The Hall–Kier alpha value is -2.94. The van der Waals surface area contributed by atoms with Gasteiger partial charge >= 0.3 is 0 Å². The minimum Gasteiger partial charge on any atom is -0.490 e. The topological polar surface area (TPSA) is 30.5 Å². The van der Waals surface area contributed by atoms with E-state index in [0.717, 1.165) is 18.0 Å². The fourth-order valence-corrected chi connectivity index (χ4v) is 2.94. The van der Waals surface area contributed by atoms with Crippen molar-refractivity contribution in [2.75, 3.05) is 18.5 Å². The van der Waals surface area contributed by atoms with Crippen LogP contribution < -0.4 is 14.8 Å². The summed E-state index contributed by atoms with van der Waals surface area (Å²) in [4.78, 5) is 0. The van der Waals surface area contributed by atoms with Gasteiger partial charge in [-0.15, -0.1) is 0 Å². The van der Waals surface area contributed by atoms with E-state index in [1.165, 1.54) is 16.8 Å². The van der Waals surface area contributed by atoms with Gasteiger partial charge in [0.15, 0.2) is 0 Å². The molecule has 0 saturated heterocycles. The Kier molecular flexibility index (Phi) is 6.75. The second-order valence-electron chi connectivity index (χ2n) is 6.75. The van der Waals surface area contributed by atoms with Gasteiger partial charge in [0.1, 0.15) is 24.7 Å². The summed E-state index contributed by atoms with van der Waals surface area (Å²) < 4.78 is 11.5. The van der Waals surface area contributed by atoms with E-state index in [-0.39, 0.29) is 0 Å². The Morgan fingerprint density at radius 2 is 1.41 bits per heavy atom. The zero-order valence-electron chi connectivity index (χ0n) is 16.0. The summed E-state index contributed by atoms with van der Waals surface area (Å²) in [6.07, 6.45) is 0. The summed E-state index contributed by atoms with van der Waals surface area (Å²) in [6.45, 7) is 6.23. The fourth-order valence-electron chi connectivity index (χ4n) is 2.94. The van der Waals surface area contributed by atoms with Crippen LogP contribution in [0.2, 0.25) is 0 Å². The van der Waals surface area contributed by atoms with Crippen molar-refractivity contribution < 1.29 is 9.47 Å². The molecule has 0 spiro atoms. The average molecular weight is 361 g/mol. The molecule has 0 bridgehead atoms. The number of benzene rings is 3. The lowest BCUT2D eigenvalue weighted by molar-refractivity contribution is 0.217. The van der Waals surface area contributed by atoms with Gasteiger partial charge in [0.2, 0.25) is 0 Å². The molecular weight excluding hydrogens is 334 g/mol. The molecule has 0 heterocycles. The van der Waals surface area contributed by atoms with Crippen molar-refractivity contribution in [3.05, 3.63) is 90.0 Å². The predicted octanol–water partition coefficient (Wildman–Crippen LogP) is 5.88. The van der Waals surface area contributed by atoms with E-state index in [2.05, 4.69) is 55.6 Å². The lowest BCUT2D eigenvalue weighted by atomic mass is 10.0. The summed E-state index contributed by atoms with van der Waals surface area (Å²) in [6, 6.07) is 26.5. The Morgan fingerprint density at radius 3 is 2.19 bits per heavy atom. The van der Waals surface area contributed by atoms with E-state index < -0.39 is 0 Å². The molecule has 0 aliphatic rings. The molecule has 1 N–H and O–H groups in total. The third-order valence-corrected chi connectivity index (χ3v) is 4.33. The number of para-hydroxylation sites is 2. The van der Waals surface area contributed by atoms with Gasteiger partial charge in [0.25, 0.3) is 0 Å². The number of anilines is 1. The van der Waals surface area contributed by atoms with Crippen LogP contribution in [0.15, 0.2) is 78.9 Å². The zero-order chi connectivity index (χ0) is 18.9. The van der Waals surface area contributed by atoms with Crippen LogP contribution in [0.25, 0.3) is 0 Å². The first kappa shape index (κ1) is 18.8. The van der Waals surface area contributed by atoms with Gasteiger partial charge in [-0.25, -0.2) is 0 Å². The van der Waals surface area contributed by atoms with Crippen molar-refractivity contribution in [3.63, 3.8) is 0 Å². The van der Waals surface area contributed by atoms with E-state index in [0.29, 0.717) is 19.1 Å². The highest BCUT2D eigenvalue weighted by Crippen LogP contribution is 2.24. The van der Waals surface area contributed by atoms with Crippen LogP contribution in [-0.4, -0.2) is 13.2 Å². The van der Waals surface area contributed by atoms with Gasteiger partial charge in [-0.3, -0.25) is 0 Å². The molecule has 3 aromatic carbocycles. The average Bonchev–Trinajstić information content (AvgIpc) is 2.71. The molecule has 140 valence electrons. The van der Waals surface area contributed by atoms with Gasteiger partial charge in [-0.05, 0) is 47.4 Å². The van der Waals surface area contributed by atoms with Crippen LogP contribution in [0.5, 0.6) is 11.5 Å². The maximum Gasteiger partial charge on any atom is 0.122 e. The number of rotatable bonds is 9. The molecule has 0 aromatic heterocycles. The lowest BCUT2D eigenvalue weighted by Gasteiger charge is -2.15. The van der Waals surface area contributed by atoms with Gasteiger partial charge in [-0.1, -0.05) is 62.4 Å². The van der Waals surface area contributed by atoms with Gasteiger partial charge in [0, 0.05) is 12.2 Å². The van der Waals surface area contributed by atoms with E-state index in [4.69, 9.17) is 9.47 Å². The van der Waals surface area contributed by atoms with Crippen LogP contribution >= 0.6 is 0 Å². The highest BCUT2D eigenvalue weighted by atomic mass is 16.5. The van der Waals surface area contributed by atoms with Crippen LogP contribution in [-0.2, 0) is 6.54 Å². The van der Waals surface area contributed by atoms with Gasteiger partial charge in [0.05, 0.1) is 0 Å². The molecule has 3 aromatic rings. The second kappa shape index (κ2) is 9.67. The van der Waals surface area contributed by atoms with Crippen LogP contribution in [0.4, 0.5) is 5.69 Å². The largest absolute Gasteiger partial charge is 0.490 e. The Bertz CT molecular complexity index is 831. The summed E-state index contributed by atoms with van der Waals surface area (Å²) in [5.74, 6) is 2.22. The Labute approximate surface area is 162 Å². The smallest absolute Gasteiger partial charge is 0.122 e. The molecule has 3 nitrogen and oxygen atoms in total. The van der Waals surface area contributed by atoms with Crippen molar-refractivity contribution in [1.82, 2.24) is 0 Å². The summed E-state index contributed by atoms with van der Waals surface area (Å²) in [5, 5.41) is 3.55. The molecule has 0 unspecified atom stereocenters. The third kappa shape index (κ3) is 5.78. The summed E-state index contributed by atoms with van der Waals surface area (Å²) in [5.41, 5.74) is 3.72.